The minimum Gasteiger partial charge on any atom is -0.338 e. The summed E-state index contributed by atoms with van der Waals surface area (Å²) in [6, 6.07) is 15.8. The molecule has 3 rings (SSSR count). The first-order valence-corrected chi connectivity index (χ1v) is 7.48. The first-order valence-electron chi connectivity index (χ1n) is 6.50. The number of pyridine rings is 1. The van der Waals surface area contributed by atoms with Crippen molar-refractivity contribution in [3.63, 3.8) is 0 Å². The molecule has 0 aliphatic carbocycles. The Hall–Kier alpha value is -2.40. The first kappa shape index (κ1) is 13.6. The molecule has 0 N–H and O–H groups in total. The van der Waals surface area contributed by atoms with Crippen LogP contribution >= 0.6 is 11.8 Å². The van der Waals surface area contributed by atoms with Gasteiger partial charge in [-0.2, -0.15) is 4.98 Å². The molecule has 1 aromatic carbocycles. The lowest BCUT2D eigenvalue weighted by Gasteiger charge is -1.94. The smallest absolute Gasteiger partial charge is 0.237 e. The van der Waals surface area contributed by atoms with Gasteiger partial charge in [-0.05, 0) is 23.8 Å². The van der Waals surface area contributed by atoms with Crippen molar-refractivity contribution in [3.8, 4) is 0 Å². The minimum absolute atomic E-state index is 0.579. The van der Waals surface area contributed by atoms with Crippen LogP contribution in [0, 0.1) is 0 Å². The number of benzene rings is 1. The Morgan fingerprint density at radius 2 is 1.86 bits per heavy atom. The maximum atomic E-state index is 5.21. The quantitative estimate of drug-likeness (QED) is 0.668. The van der Waals surface area contributed by atoms with Crippen LogP contribution in [-0.2, 0) is 5.75 Å². The lowest BCUT2D eigenvalue weighted by Crippen LogP contribution is -1.83. The number of aromatic nitrogens is 3. The molecule has 0 saturated heterocycles. The van der Waals surface area contributed by atoms with Crippen molar-refractivity contribution in [1.82, 2.24) is 15.1 Å². The second-order valence-corrected chi connectivity index (χ2v) is 5.24. The molecule has 0 amide bonds. The Bertz CT molecular complexity index is 711. The van der Waals surface area contributed by atoms with Crippen LogP contribution in [0.2, 0.25) is 0 Å². The fourth-order valence-electron chi connectivity index (χ4n) is 1.70. The second kappa shape index (κ2) is 6.85. The van der Waals surface area contributed by atoms with Gasteiger partial charge in [-0.25, -0.2) is 4.98 Å². The number of thioether (sulfide) groups is 1. The Labute approximate surface area is 126 Å². The second-order valence-electron chi connectivity index (χ2n) is 4.25. The summed E-state index contributed by atoms with van der Waals surface area (Å²) in [4.78, 5) is 8.56. The molecule has 3 aromatic rings. The van der Waals surface area contributed by atoms with E-state index in [1.807, 2.05) is 60.7 Å². The molecule has 0 aliphatic heterocycles. The van der Waals surface area contributed by atoms with Gasteiger partial charge in [0.1, 0.15) is 0 Å². The monoisotopic (exact) mass is 295 g/mol. The zero-order valence-corrected chi connectivity index (χ0v) is 12.0. The number of rotatable bonds is 5. The van der Waals surface area contributed by atoms with Gasteiger partial charge in [-0.15, -0.1) is 0 Å². The molecule has 0 atom stereocenters. The predicted molar refractivity (Wildman–Crippen MR) is 83.5 cm³/mol. The van der Waals surface area contributed by atoms with E-state index in [9.17, 15) is 0 Å². The average molecular weight is 295 g/mol. The van der Waals surface area contributed by atoms with Gasteiger partial charge >= 0.3 is 0 Å². The van der Waals surface area contributed by atoms with E-state index < -0.39 is 0 Å². The van der Waals surface area contributed by atoms with Gasteiger partial charge in [0.2, 0.25) is 5.89 Å². The van der Waals surface area contributed by atoms with Crippen LogP contribution in [0.5, 0.6) is 0 Å². The fourth-order valence-corrected chi connectivity index (χ4v) is 2.40. The van der Waals surface area contributed by atoms with Gasteiger partial charge in [0.15, 0.2) is 5.82 Å². The molecule has 4 nitrogen and oxygen atoms in total. The third-order valence-electron chi connectivity index (χ3n) is 2.69. The number of hydrogen-bond donors (Lipinski definition) is 0. The van der Waals surface area contributed by atoms with E-state index in [4.69, 9.17) is 4.52 Å². The SMILES string of the molecule is C(=C\c1noc(CSc2ccccn2)n1)/c1ccccc1. The molecule has 21 heavy (non-hydrogen) atoms. The Balaban J connectivity index is 1.60. The standard InChI is InChI=1S/C16H13N3OS/c1-2-6-13(7-3-1)9-10-14-18-15(20-19-14)12-21-16-8-4-5-11-17-16/h1-11H,12H2/b10-9+. The van der Waals surface area contributed by atoms with E-state index in [-0.39, 0.29) is 0 Å². The van der Waals surface area contributed by atoms with E-state index in [1.165, 1.54) is 0 Å². The summed E-state index contributed by atoms with van der Waals surface area (Å²) in [5.74, 6) is 1.79. The highest BCUT2D eigenvalue weighted by Gasteiger charge is 2.05. The van der Waals surface area contributed by atoms with Crippen LogP contribution in [0.1, 0.15) is 17.3 Å². The van der Waals surface area contributed by atoms with E-state index in [2.05, 4.69) is 15.1 Å². The van der Waals surface area contributed by atoms with Crippen molar-refractivity contribution in [2.75, 3.05) is 0 Å². The van der Waals surface area contributed by atoms with Crippen molar-refractivity contribution in [3.05, 3.63) is 72.0 Å². The van der Waals surface area contributed by atoms with Gasteiger partial charge in [-0.3, -0.25) is 0 Å². The van der Waals surface area contributed by atoms with Gasteiger partial charge in [-0.1, -0.05) is 59.4 Å². The molecule has 0 bridgehead atoms. The summed E-state index contributed by atoms with van der Waals surface area (Å²) in [5.41, 5.74) is 1.10. The third kappa shape index (κ3) is 4.03. The number of hydrogen-bond acceptors (Lipinski definition) is 5. The minimum atomic E-state index is 0.579. The molecule has 0 spiro atoms. The molecule has 5 heteroatoms. The van der Waals surface area contributed by atoms with Crippen LogP contribution in [0.4, 0.5) is 0 Å². The molecule has 0 saturated carbocycles. The molecule has 0 aliphatic rings. The molecule has 0 unspecified atom stereocenters. The molecular weight excluding hydrogens is 282 g/mol. The predicted octanol–water partition coefficient (Wildman–Crippen LogP) is 3.93. The van der Waals surface area contributed by atoms with Crippen LogP contribution in [-0.4, -0.2) is 15.1 Å². The topological polar surface area (TPSA) is 51.8 Å². The largest absolute Gasteiger partial charge is 0.338 e. The summed E-state index contributed by atoms with van der Waals surface area (Å²) in [6.45, 7) is 0. The van der Waals surface area contributed by atoms with Gasteiger partial charge < -0.3 is 4.52 Å². The van der Waals surface area contributed by atoms with Crippen molar-refractivity contribution in [2.24, 2.45) is 0 Å². The lowest BCUT2D eigenvalue weighted by molar-refractivity contribution is 0.389. The zero-order chi connectivity index (χ0) is 14.3. The maximum Gasteiger partial charge on any atom is 0.237 e. The Morgan fingerprint density at radius 3 is 2.67 bits per heavy atom. The normalized spacial score (nSPS) is 11.0. The van der Waals surface area contributed by atoms with Crippen molar-refractivity contribution in [2.45, 2.75) is 10.8 Å². The number of nitrogens with zero attached hydrogens (tertiary/aromatic N) is 3. The summed E-state index contributed by atoms with van der Waals surface area (Å²) in [5, 5.41) is 4.88. The highest BCUT2D eigenvalue weighted by Crippen LogP contribution is 2.19. The van der Waals surface area contributed by atoms with E-state index in [0.717, 1.165) is 10.6 Å². The molecule has 2 aromatic heterocycles. The van der Waals surface area contributed by atoms with Crippen LogP contribution in [0.25, 0.3) is 12.2 Å². The summed E-state index contributed by atoms with van der Waals surface area (Å²) in [7, 11) is 0. The van der Waals surface area contributed by atoms with E-state index >= 15 is 0 Å². The third-order valence-corrected chi connectivity index (χ3v) is 3.62. The first-order chi connectivity index (χ1) is 10.4. The molecule has 0 fully saturated rings. The average Bonchev–Trinajstić information content (AvgIpc) is 3.01. The Kier molecular flexibility index (Phi) is 4.43. The van der Waals surface area contributed by atoms with Gasteiger partial charge in [0.05, 0.1) is 10.8 Å². The molecule has 2 heterocycles. The van der Waals surface area contributed by atoms with Crippen LogP contribution < -0.4 is 0 Å². The molecular formula is C16H13N3OS. The van der Waals surface area contributed by atoms with Crippen LogP contribution in [0.3, 0.4) is 0 Å². The zero-order valence-electron chi connectivity index (χ0n) is 11.2. The lowest BCUT2D eigenvalue weighted by atomic mass is 10.2. The Morgan fingerprint density at radius 1 is 1.00 bits per heavy atom. The fraction of sp³-hybridized carbons (Fsp3) is 0.0625. The molecule has 0 radical (unpaired) electrons. The van der Waals surface area contributed by atoms with E-state index in [0.29, 0.717) is 17.5 Å². The van der Waals surface area contributed by atoms with Crippen molar-refractivity contribution >= 4 is 23.9 Å². The van der Waals surface area contributed by atoms with Gasteiger partial charge in [0.25, 0.3) is 0 Å². The highest BCUT2D eigenvalue weighted by molar-refractivity contribution is 7.98. The summed E-state index contributed by atoms with van der Waals surface area (Å²) in [6.07, 6.45) is 5.57. The van der Waals surface area contributed by atoms with Crippen molar-refractivity contribution < 1.29 is 4.52 Å². The van der Waals surface area contributed by atoms with Gasteiger partial charge in [0, 0.05) is 6.20 Å². The van der Waals surface area contributed by atoms with Crippen molar-refractivity contribution in [1.29, 1.82) is 0 Å². The summed E-state index contributed by atoms with van der Waals surface area (Å²) < 4.78 is 5.21. The maximum absolute atomic E-state index is 5.21. The molecule has 104 valence electrons. The van der Waals surface area contributed by atoms with Crippen LogP contribution in [0.15, 0.2) is 64.3 Å². The summed E-state index contributed by atoms with van der Waals surface area (Å²) >= 11 is 1.57. The highest BCUT2D eigenvalue weighted by atomic mass is 32.2. The van der Waals surface area contributed by atoms with E-state index in [1.54, 1.807) is 18.0 Å².